The summed E-state index contributed by atoms with van der Waals surface area (Å²) in [5.74, 6) is 0.477. The number of carbonyl (C=O) groups is 2. The average Bonchev–Trinajstić information content (AvgIpc) is 3.31. The lowest BCUT2D eigenvalue weighted by molar-refractivity contribution is -0.111. The molecule has 0 aliphatic carbocycles. The van der Waals surface area contributed by atoms with Crippen LogP contribution in [-0.2, 0) is 9.53 Å². The summed E-state index contributed by atoms with van der Waals surface area (Å²) in [6.45, 7) is 8.86. The first kappa shape index (κ1) is 28.0. The van der Waals surface area contributed by atoms with Crippen molar-refractivity contribution in [1.82, 2.24) is 0 Å². The number of unbranched alkanes of at least 4 members (excludes halogenated alkanes) is 2. The van der Waals surface area contributed by atoms with E-state index in [1.165, 1.54) is 23.0 Å². The minimum absolute atomic E-state index is 0.245. The molecule has 0 bridgehead atoms. The molecule has 1 aromatic heterocycles. The van der Waals surface area contributed by atoms with Gasteiger partial charge in [0.05, 0.1) is 20.3 Å². The number of aryl methyl sites for hydroxylation is 2. The third-order valence-electron chi connectivity index (χ3n) is 5.95. The van der Waals surface area contributed by atoms with Crippen LogP contribution in [-0.4, -0.2) is 32.2 Å². The molecule has 0 aliphatic heterocycles. The molecule has 0 atom stereocenters. The van der Waals surface area contributed by atoms with Crippen LogP contribution in [0.3, 0.4) is 0 Å². The molecule has 1 amide bonds. The molecule has 0 saturated heterocycles. The smallest absolute Gasteiger partial charge is 0.341 e. The summed E-state index contributed by atoms with van der Waals surface area (Å²) >= 11 is 1.30. The normalized spacial score (nSPS) is 10.9. The highest BCUT2D eigenvalue weighted by Crippen LogP contribution is 2.37. The molecule has 3 aromatic rings. The van der Waals surface area contributed by atoms with Gasteiger partial charge in [0.25, 0.3) is 0 Å². The summed E-state index contributed by atoms with van der Waals surface area (Å²) in [4.78, 5) is 25.6. The second-order valence-corrected chi connectivity index (χ2v) is 9.54. The Morgan fingerprint density at radius 2 is 1.81 bits per heavy atom. The van der Waals surface area contributed by atoms with Crippen molar-refractivity contribution in [3.8, 4) is 22.6 Å². The third-order valence-corrected chi connectivity index (χ3v) is 6.84. The highest BCUT2D eigenvalue weighted by Gasteiger charge is 2.22. The van der Waals surface area contributed by atoms with Crippen LogP contribution >= 0.6 is 11.3 Å². The molecular weight excluding hydrogens is 486 g/mol. The highest BCUT2D eigenvalue weighted by molar-refractivity contribution is 7.15. The van der Waals surface area contributed by atoms with Gasteiger partial charge < -0.3 is 19.5 Å². The van der Waals surface area contributed by atoms with Gasteiger partial charge in [-0.25, -0.2) is 4.79 Å². The highest BCUT2D eigenvalue weighted by atomic mass is 32.1. The minimum Gasteiger partial charge on any atom is -0.493 e. The molecule has 6 nitrogen and oxygen atoms in total. The van der Waals surface area contributed by atoms with Crippen LogP contribution in [0.1, 0.15) is 60.2 Å². The molecule has 0 spiro atoms. The van der Waals surface area contributed by atoms with Gasteiger partial charge in [-0.3, -0.25) is 4.79 Å². The molecule has 2 aromatic carbocycles. The molecule has 0 unspecified atom stereocenters. The van der Waals surface area contributed by atoms with Gasteiger partial charge in [-0.2, -0.15) is 0 Å². The van der Waals surface area contributed by atoms with Crippen LogP contribution in [0.2, 0.25) is 0 Å². The van der Waals surface area contributed by atoms with Crippen LogP contribution in [0.5, 0.6) is 11.5 Å². The van der Waals surface area contributed by atoms with Gasteiger partial charge in [-0.15, -0.1) is 11.3 Å². The maximum absolute atomic E-state index is 12.8. The maximum atomic E-state index is 12.8. The molecule has 196 valence electrons. The number of nitrogens with one attached hydrogen (secondary N) is 1. The van der Waals surface area contributed by atoms with Gasteiger partial charge in [0.15, 0.2) is 11.5 Å². The largest absolute Gasteiger partial charge is 0.493 e. The number of amides is 1. The molecule has 0 fully saturated rings. The molecule has 0 saturated carbocycles. The van der Waals surface area contributed by atoms with Crippen molar-refractivity contribution in [3.05, 3.63) is 70.1 Å². The quantitative estimate of drug-likeness (QED) is 0.152. The van der Waals surface area contributed by atoms with Crippen LogP contribution in [0.15, 0.2) is 47.9 Å². The van der Waals surface area contributed by atoms with Gasteiger partial charge in [0.2, 0.25) is 5.91 Å². The molecule has 1 N–H and O–H groups in total. The van der Waals surface area contributed by atoms with Gasteiger partial charge in [-0.05, 0) is 67.7 Å². The van der Waals surface area contributed by atoms with Crippen molar-refractivity contribution < 1.29 is 23.8 Å². The van der Waals surface area contributed by atoms with E-state index < -0.39 is 5.97 Å². The lowest BCUT2D eigenvalue weighted by atomic mass is 9.99. The number of methoxy groups -OCH3 is 1. The van der Waals surface area contributed by atoms with Gasteiger partial charge in [0.1, 0.15) is 10.6 Å². The number of benzene rings is 2. The molecule has 1 heterocycles. The van der Waals surface area contributed by atoms with Crippen LogP contribution in [0.4, 0.5) is 5.00 Å². The maximum Gasteiger partial charge on any atom is 0.341 e. The Balaban J connectivity index is 1.78. The summed E-state index contributed by atoms with van der Waals surface area (Å²) in [6.07, 6.45) is 6.36. The number of anilines is 1. The molecule has 7 heteroatoms. The number of hydrogen-bond acceptors (Lipinski definition) is 6. The second-order valence-electron chi connectivity index (χ2n) is 8.66. The first-order valence-electron chi connectivity index (χ1n) is 12.5. The van der Waals surface area contributed by atoms with E-state index >= 15 is 0 Å². The average molecular weight is 522 g/mol. The zero-order valence-corrected chi connectivity index (χ0v) is 23.0. The van der Waals surface area contributed by atoms with E-state index in [-0.39, 0.29) is 12.5 Å². The number of esters is 1. The number of carbonyl (C=O) groups excluding carboxylic acids is 2. The summed E-state index contributed by atoms with van der Waals surface area (Å²) in [6, 6.07) is 11.6. The van der Waals surface area contributed by atoms with Crippen molar-refractivity contribution in [2.24, 2.45) is 0 Å². The van der Waals surface area contributed by atoms with Crippen molar-refractivity contribution in [1.29, 1.82) is 0 Å². The number of ether oxygens (including phenoxy) is 3. The first-order valence-corrected chi connectivity index (χ1v) is 13.4. The van der Waals surface area contributed by atoms with E-state index in [1.54, 1.807) is 20.1 Å². The van der Waals surface area contributed by atoms with Crippen LogP contribution in [0, 0.1) is 13.8 Å². The van der Waals surface area contributed by atoms with Gasteiger partial charge >= 0.3 is 5.97 Å². The fraction of sp³-hybridized carbons (Fsp3) is 0.333. The minimum atomic E-state index is -0.462. The van der Waals surface area contributed by atoms with E-state index in [4.69, 9.17) is 14.2 Å². The first-order chi connectivity index (χ1) is 17.9. The topological polar surface area (TPSA) is 73.9 Å². The van der Waals surface area contributed by atoms with Crippen molar-refractivity contribution in [2.75, 3.05) is 25.6 Å². The SMILES string of the molecule is CCCCCOc1ccc(/C=C/C(=O)Nc2scc(-c3ccc(C)c(C)c3)c2C(=O)OCC)cc1OC. The summed E-state index contributed by atoms with van der Waals surface area (Å²) in [5.41, 5.74) is 5.10. The lowest BCUT2D eigenvalue weighted by Gasteiger charge is -2.11. The predicted molar refractivity (Wildman–Crippen MR) is 151 cm³/mol. The molecule has 37 heavy (non-hydrogen) atoms. The predicted octanol–water partition coefficient (Wildman–Crippen LogP) is 7.44. The lowest BCUT2D eigenvalue weighted by Crippen LogP contribution is -2.12. The number of hydrogen-bond donors (Lipinski definition) is 1. The molecule has 0 radical (unpaired) electrons. The van der Waals surface area contributed by atoms with Crippen LogP contribution in [0.25, 0.3) is 17.2 Å². The summed E-state index contributed by atoms with van der Waals surface area (Å²) < 4.78 is 16.6. The zero-order valence-electron chi connectivity index (χ0n) is 22.2. The number of thiophene rings is 1. The van der Waals surface area contributed by atoms with Gasteiger partial charge in [0, 0.05) is 17.0 Å². The number of rotatable bonds is 12. The Labute approximate surface area is 223 Å². The Morgan fingerprint density at radius 1 is 1.00 bits per heavy atom. The van der Waals surface area contributed by atoms with Gasteiger partial charge in [-0.1, -0.05) is 44.0 Å². The summed E-state index contributed by atoms with van der Waals surface area (Å²) in [5, 5.41) is 5.18. The van der Waals surface area contributed by atoms with E-state index in [9.17, 15) is 9.59 Å². The standard InChI is InChI=1S/C30H35NO5S/c1-6-8-9-16-36-25-14-11-22(18-26(25)34-5)12-15-27(32)31-29-28(30(33)35-7-2)24(19-37-29)23-13-10-20(3)21(4)17-23/h10-15,17-19H,6-9,16H2,1-5H3,(H,31,32)/b15-12+. The Bertz CT molecular complexity index is 1260. The van der Waals surface area contributed by atoms with Crippen molar-refractivity contribution in [2.45, 2.75) is 47.0 Å². The Kier molecular flexibility index (Phi) is 10.3. The Hall–Kier alpha value is -3.58. The fourth-order valence-corrected chi connectivity index (χ4v) is 4.70. The van der Waals surface area contributed by atoms with Crippen molar-refractivity contribution >= 4 is 34.3 Å². The third kappa shape index (κ3) is 7.46. The zero-order chi connectivity index (χ0) is 26.8. The Morgan fingerprint density at radius 3 is 2.51 bits per heavy atom. The monoisotopic (exact) mass is 521 g/mol. The summed E-state index contributed by atoms with van der Waals surface area (Å²) in [7, 11) is 1.59. The van der Waals surface area contributed by atoms with Crippen LogP contribution < -0.4 is 14.8 Å². The van der Waals surface area contributed by atoms with E-state index in [0.717, 1.165) is 41.5 Å². The van der Waals surface area contributed by atoms with E-state index in [1.807, 2.05) is 55.6 Å². The van der Waals surface area contributed by atoms with E-state index in [0.29, 0.717) is 28.7 Å². The van der Waals surface area contributed by atoms with E-state index in [2.05, 4.69) is 12.2 Å². The molecular formula is C30H35NO5S. The molecule has 0 aliphatic rings. The fourth-order valence-electron chi connectivity index (χ4n) is 3.74. The van der Waals surface area contributed by atoms with Crippen molar-refractivity contribution in [3.63, 3.8) is 0 Å². The second kappa shape index (κ2) is 13.7. The molecule has 3 rings (SSSR count).